The van der Waals surface area contributed by atoms with Crippen LogP contribution in [0, 0.1) is 5.92 Å². The summed E-state index contributed by atoms with van der Waals surface area (Å²) >= 11 is 3.31. The molecule has 2 rings (SSSR count). The van der Waals surface area contributed by atoms with E-state index in [2.05, 4.69) is 27.8 Å². The van der Waals surface area contributed by atoms with Crippen LogP contribution in [0.3, 0.4) is 0 Å². The third kappa shape index (κ3) is 2.63. The number of carboxylic acid groups (broad SMARTS) is 1. The van der Waals surface area contributed by atoms with Crippen molar-refractivity contribution in [3.8, 4) is 0 Å². The Labute approximate surface area is 110 Å². The summed E-state index contributed by atoms with van der Waals surface area (Å²) in [6.07, 6.45) is 2.43. The third-order valence-electron chi connectivity index (χ3n) is 3.18. The molecule has 1 heterocycles. The van der Waals surface area contributed by atoms with E-state index >= 15 is 0 Å². The molecule has 3 nitrogen and oxygen atoms in total. The number of nitrogens with zero attached hydrogens (tertiary/aromatic N) is 1. The smallest absolute Gasteiger partial charge is 0.337 e. The molecule has 0 aromatic heterocycles. The molecule has 0 radical (unpaired) electrons. The number of aromatic carboxylic acids is 1. The Morgan fingerprint density at radius 1 is 1.53 bits per heavy atom. The lowest BCUT2D eigenvalue weighted by Crippen LogP contribution is -2.47. The highest BCUT2D eigenvalue weighted by atomic mass is 79.9. The molecule has 92 valence electrons. The van der Waals surface area contributed by atoms with Crippen LogP contribution in [0.1, 0.15) is 30.1 Å². The number of benzene rings is 1. The summed E-state index contributed by atoms with van der Waals surface area (Å²) in [5.74, 6) is -0.134. The lowest BCUT2D eigenvalue weighted by molar-refractivity contribution is 0.0697. The number of hydrogen-bond acceptors (Lipinski definition) is 2. The summed E-state index contributed by atoms with van der Waals surface area (Å²) in [6, 6.07) is 5.45. The van der Waals surface area contributed by atoms with Gasteiger partial charge in [-0.3, -0.25) is 0 Å². The van der Waals surface area contributed by atoms with Crippen LogP contribution in [0.4, 0.5) is 5.69 Å². The Morgan fingerprint density at radius 3 is 2.82 bits per heavy atom. The zero-order valence-electron chi connectivity index (χ0n) is 9.82. The van der Waals surface area contributed by atoms with Crippen molar-refractivity contribution in [1.82, 2.24) is 0 Å². The molecule has 1 N–H and O–H groups in total. The van der Waals surface area contributed by atoms with Gasteiger partial charge in [0.05, 0.1) is 11.3 Å². The van der Waals surface area contributed by atoms with Gasteiger partial charge < -0.3 is 10.0 Å². The van der Waals surface area contributed by atoms with Crippen LogP contribution >= 0.6 is 15.9 Å². The van der Waals surface area contributed by atoms with Crippen molar-refractivity contribution in [3.63, 3.8) is 0 Å². The SMILES string of the molecule is CCCC1CN(c2ccc(Br)cc2C(=O)O)C1. The topological polar surface area (TPSA) is 40.5 Å². The van der Waals surface area contributed by atoms with Gasteiger partial charge in [0.15, 0.2) is 0 Å². The maximum atomic E-state index is 11.2. The molecule has 1 aromatic carbocycles. The summed E-state index contributed by atoms with van der Waals surface area (Å²) in [7, 11) is 0. The second-order valence-electron chi connectivity index (χ2n) is 4.53. The van der Waals surface area contributed by atoms with Gasteiger partial charge in [-0.2, -0.15) is 0 Å². The fourth-order valence-corrected chi connectivity index (χ4v) is 2.67. The lowest BCUT2D eigenvalue weighted by Gasteiger charge is -2.41. The van der Waals surface area contributed by atoms with E-state index in [1.165, 1.54) is 12.8 Å². The maximum absolute atomic E-state index is 11.2. The Kier molecular flexibility index (Phi) is 3.72. The molecule has 1 fully saturated rings. The standard InChI is InChI=1S/C13H16BrNO2/c1-2-3-9-7-15(8-9)12-5-4-10(14)6-11(12)13(16)17/h4-6,9H,2-3,7-8H2,1H3,(H,16,17). The van der Waals surface area contributed by atoms with E-state index in [1.54, 1.807) is 6.07 Å². The fourth-order valence-electron chi connectivity index (χ4n) is 2.31. The molecule has 1 aliphatic heterocycles. The monoisotopic (exact) mass is 297 g/mol. The van der Waals surface area contributed by atoms with Gasteiger partial charge in [0.25, 0.3) is 0 Å². The van der Waals surface area contributed by atoms with E-state index < -0.39 is 5.97 Å². The van der Waals surface area contributed by atoms with E-state index in [-0.39, 0.29) is 0 Å². The molecule has 17 heavy (non-hydrogen) atoms. The van der Waals surface area contributed by atoms with Crippen LogP contribution in [0.15, 0.2) is 22.7 Å². The van der Waals surface area contributed by atoms with Gasteiger partial charge >= 0.3 is 5.97 Å². The molecule has 1 aliphatic rings. The molecule has 0 amide bonds. The summed E-state index contributed by atoms with van der Waals surface area (Å²) < 4.78 is 0.810. The minimum absolute atomic E-state index is 0.384. The summed E-state index contributed by atoms with van der Waals surface area (Å²) in [5, 5.41) is 9.18. The van der Waals surface area contributed by atoms with E-state index in [0.29, 0.717) is 5.56 Å². The Bertz CT molecular complexity index is 427. The van der Waals surface area contributed by atoms with Gasteiger partial charge in [-0.1, -0.05) is 29.3 Å². The van der Waals surface area contributed by atoms with Crippen molar-refractivity contribution in [2.45, 2.75) is 19.8 Å². The molecular formula is C13H16BrNO2. The summed E-state index contributed by atoms with van der Waals surface area (Å²) in [4.78, 5) is 13.3. The summed E-state index contributed by atoms with van der Waals surface area (Å²) in [5.41, 5.74) is 1.22. The molecule has 0 bridgehead atoms. The van der Waals surface area contributed by atoms with Crippen LogP contribution in [0.2, 0.25) is 0 Å². The molecule has 1 saturated heterocycles. The molecule has 4 heteroatoms. The van der Waals surface area contributed by atoms with Crippen molar-refractivity contribution >= 4 is 27.6 Å². The second kappa shape index (κ2) is 5.08. The molecule has 0 spiro atoms. The van der Waals surface area contributed by atoms with Crippen molar-refractivity contribution in [2.24, 2.45) is 5.92 Å². The number of carboxylic acids is 1. The number of hydrogen-bond donors (Lipinski definition) is 1. The van der Waals surface area contributed by atoms with Gasteiger partial charge in [0.2, 0.25) is 0 Å². The third-order valence-corrected chi connectivity index (χ3v) is 3.68. The van der Waals surface area contributed by atoms with Crippen molar-refractivity contribution < 1.29 is 9.90 Å². The Balaban J connectivity index is 2.14. The average molecular weight is 298 g/mol. The minimum Gasteiger partial charge on any atom is -0.478 e. The predicted molar refractivity (Wildman–Crippen MR) is 71.7 cm³/mol. The zero-order valence-corrected chi connectivity index (χ0v) is 11.4. The highest BCUT2D eigenvalue weighted by Gasteiger charge is 2.28. The van der Waals surface area contributed by atoms with E-state index in [4.69, 9.17) is 0 Å². The zero-order chi connectivity index (χ0) is 12.4. The highest BCUT2D eigenvalue weighted by Crippen LogP contribution is 2.31. The molecule has 0 saturated carbocycles. The number of carbonyl (C=O) groups is 1. The largest absolute Gasteiger partial charge is 0.478 e. The molecular weight excluding hydrogens is 282 g/mol. The van der Waals surface area contributed by atoms with Crippen LogP contribution in [0.5, 0.6) is 0 Å². The van der Waals surface area contributed by atoms with Gasteiger partial charge in [0.1, 0.15) is 0 Å². The van der Waals surface area contributed by atoms with E-state index in [9.17, 15) is 9.90 Å². The van der Waals surface area contributed by atoms with Crippen molar-refractivity contribution in [2.75, 3.05) is 18.0 Å². The van der Waals surface area contributed by atoms with E-state index in [0.717, 1.165) is 29.2 Å². The van der Waals surface area contributed by atoms with Gasteiger partial charge in [0, 0.05) is 17.6 Å². The predicted octanol–water partition coefficient (Wildman–Crippen LogP) is 3.38. The molecule has 1 aromatic rings. The van der Waals surface area contributed by atoms with Gasteiger partial charge in [-0.05, 0) is 30.5 Å². The molecule has 0 aliphatic carbocycles. The first kappa shape index (κ1) is 12.4. The second-order valence-corrected chi connectivity index (χ2v) is 5.44. The Morgan fingerprint density at radius 2 is 2.24 bits per heavy atom. The first-order chi connectivity index (χ1) is 8.11. The van der Waals surface area contributed by atoms with Crippen molar-refractivity contribution in [1.29, 1.82) is 0 Å². The van der Waals surface area contributed by atoms with E-state index in [1.807, 2.05) is 12.1 Å². The Hall–Kier alpha value is -1.03. The van der Waals surface area contributed by atoms with Gasteiger partial charge in [-0.25, -0.2) is 4.79 Å². The molecule has 0 unspecified atom stereocenters. The number of rotatable bonds is 4. The first-order valence-corrected chi connectivity index (χ1v) is 6.69. The van der Waals surface area contributed by atoms with Crippen LogP contribution < -0.4 is 4.90 Å². The van der Waals surface area contributed by atoms with Crippen LogP contribution in [0.25, 0.3) is 0 Å². The minimum atomic E-state index is -0.861. The summed E-state index contributed by atoms with van der Waals surface area (Å²) in [6.45, 7) is 4.15. The average Bonchev–Trinajstić information content (AvgIpc) is 2.23. The fraction of sp³-hybridized carbons (Fsp3) is 0.462. The first-order valence-electron chi connectivity index (χ1n) is 5.89. The van der Waals surface area contributed by atoms with Gasteiger partial charge in [-0.15, -0.1) is 0 Å². The normalized spacial score (nSPS) is 15.8. The quantitative estimate of drug-likeness (QED) is 0.926. The maximum Gasteiger partial charge on any atom is 0.337 e. The highest BCUT2D eigenvalue weighted by molar-refractivity contribution is 9.10. The van der Waals surface area contributed by atoms with Crippen LogP contribution in [-0.2, 0) is 0 Å². The molecule has 0 atom stereocenters. The number of halogens is 1. The van der Waals surface area contributed by atoms with Crippen molar-refractivity contribution in [3.05, 3.63) is 28.2 Å². The number of anilines is 1. The van der Waals surface area contributed by atoms with Crippen LogP contribution in [-0.4, -0.2) is 24.2 Å². The lowest BCUT2D eigenvalue weighted by atomic mass is 9.93.